The van der Waals surface area contributed by atoms with Crippen LogP contribution in [0.2, 0.25) is 0 Å². The van der Waals surface area contributed by atoms with Gasteiger partial charge in [0.05, 0.1) is 5.25 Å². The molecular weight excluding hydrogens is 404 g/mol. The number of hydrogen-bond acceptors (Lipinski definition) is 3. The quantitative estimate of drug-likeness (QED) is 0.646. The molecule has 1 saturated heterocycles. The summed E-state index contributed by atoms with van der Waals surface area (Å²) in [5.41, 5.74) is 5.64. The highest BCUT2D eigenvalue weighted by Gasteiger charge is 2.35. The zero-order valence-corrected chi connectivity index (χ0v) is 19.1. The molecule has 2 aromatic carbocycles. The fourth-order valence-corrected chi connectivity index (χ4v) is 6.95. The van der Waals surface area contributed by atoms with Crippen molar-refractivity contribution < 1.29 is 8.42 Å². The van der Waals surface area contributed by atoms with Crippen LogP contribution < -0.4 is 4.72 Å². The molecule has 2 aliphatic carbocycles. The Morgan fingerprint density at radius 1 is 0.968 bits per heavy atom. The molecule has 1 aliphatic heterocycles. The highest BCUT2D eigenvalue weighted by molar-refractivity contribution is 7.90. The van der Waals surface area contributed by atoms with Gasteiger partial charge >= 0.3 is 0 Å². The van der Waals surface area contributed by atoms with Crippen LogP contribution in [0.3, 0.4) is 0 Å². The van der Waals surface area contributed by atoms with Crippen molar-refractivity contribution in [3.8, 4) is 0 Å². The topological polar surface area (TPSA) is 49.4 Å². The SMILES string of the molecule is O=S(=O)(NCCc1ccc2c(c1)C(Cc1ccccc1)C(CN1CCC1)C2)C1CCC1. The van der Waals surface area contributed by atoms with E-state index >= 15 is 0 Å². The molecule has 2 aromatic rings. The first kappa shape index (κ1) is 21.2. The van der Waals surface area contributed by atoms with Gasteiger partial charge in [0.15, 0.2) is 0 Å². The van der Waals surface area contributed by atoms with Gasteiger partial charge in [-0.05, 0) is 85.7 Å². The van der Waals surface area contributed by atoms with Crippen LogP contribution in [-0.4, -0.2) is 44.7 Å². The average molecular weight is 439 g/mol. The Balaban J connectivity index is 1.29. The number of likely N-dealkylation sites (tertiary alicyclic amines) is 1. The lowest BCUT2D eigenvalue weighted by molar-refractivity contribution is 0.145. The van der Waals surface area contributed by atoms with Crippen LogP contribution in [0.4, 0.5) is 0 Å². The monoisotopic (exact) mass is 438 g/mol. The van der Waals surface area contributed by atoms with Gasteiger partial charge in [-0.2, -0.15) is 0 Å². The molecule has 0 spiro atoms. The van der Waals surface area contributed by atoms with E-state index in [0.29, 0.717) is 18.4 Å². The zero-order valence-electron chi connectivity index (χ0n) is 18.3. The second-order valence-corrected chi connectivity index (χ2v) is 11.7. The first-order valence-corrected chi connectivity index (χ1v) is 13.5. The zero-order chi connectivity index (χ0) is 21.3. The summed E-state index contributed by atoms with van der Waals surface area (Å²) in [6, 6.07) is 17.8. The molecule has 2 fully saturated rings. The molecule has 0 amide bonds. The maximum Gasteiger partial charge on any atom is 0.214 e. The molecule has 3 aliphatic rings. The maximum absolute atomic E-state index is 12.3. The molecule has 1 heterocycles. The molecule has 0 aromatic heterocycles. The van der Waals surface area contributed by atoms with Crippen molar-refractivity contribution in [1.82, 2.24) is 9.62 Å². The summed E-state index contributed by atoms with van der Waals surface area (Å²) < 4.78 is 27.5. The van der Waals surface area contributed by atoms with Crippen LogP contribution in [0.15, 0.2) is 48.5 Å². The number of sulfonamides is 1. The van der Waals surface area contributed by atoms with Gasteiger partial charge in [0.25, 0.3) is 0 Å². The minimum Gasteiger partial charge on any atom is -0.303 e. The fraction of sp³-hybridized carbons (Fsp3) is 0.538. The Morgan fingerprint density at radius 3 is 2.45 bits per heavy atom. The van der Waals surface area contributed by atoms with Crippen LogP contribution >= 0.6 is 0 Å². The summed E-state index contributed by atoms with van der Waals surface area (Å²) in [5.74, 6) is 1.22. The van der Waals surface area contributed by atoms with Gasteiger partial charge in [0.1, 0.15) is 0 Å². The van der Waals surface area contributed by atoms with E-state index < -0.39 is 10.0 Å². The van der Waals surface area contributed by atoms with Crippen LogP contribution in [-0.2, 0) is 29.3 Å². The highest BCUT2D eigenvalue weighted by atomic mass is 32.2. The molecule has 5 heteroatoms. The van der Waals surface area contributed by atoms with E-state index in [9.17, 15) is 8.42 Å². The van der Waals surface area contributed by atoms with E-state index in [4.69, 9.17) is 0 Å². The lowest BCUT2D eigenvalue weighted by Crippen LogP contribution is -2.41. The molecule has 2 atom stereocenters. The van der Waals surface area contributed by atoms with E-state index in [1.807, 2.05) is 0 Å². The van der Waals surface area contributed by atoms with E-state index in [-0.39, 0.29) is 5.25 Å². The fourth-order valence-electron chi connectivity index (χ4n) is 5.38. The Hall–Kier alpha value is -1.69. The molecule has 1 N–H and O–H groups in total. The normalized spacial score (nSPS) is 23.9. The molecule has 166 valence electrons. The van der Waals surface area contributed by atoms with Crippen molar-refractivity contribution >= 4 is 10.0 Å². The minimum atomic E-state index is -3.13. The smallest absolute Gasteiger partial charge is 0.214 e. The molecule has 2 unspecified atom stereocenters. The van der Waals surface area contributed by atoms with Crippen LogP contribution in [0.25, 0.3) is 0 Å². The molecule has 0 bridgehead atoms. The molecule has 4 nitrogen and oxygen atoms in total. The molecule has 1 saturated carbocycles. The number of rotatable bonds is 9. The summed E-state index contributed by atoms with van der Waals surface area (Å²) in [5, 5.41) is -0.162. The van der Waals surface area contributed by atoms with Crippen molar-refractivity contribution in [2.75, 3.05) is 26.2 Å². The van der Waals surface area contributed by atoms with Crippen molar-refractivity contribution in [3.05, 3.63) is 70.8 Å². The third kappa shape index (κ3) is 4.74. The van der Waals surface area contributed by atoms with Crippen molar-refractivity contribution in [1.29, 1.82) is 0 Å². The van der Waals surface area contributed by atoms with E-state index in [1.165, 1.54) is 48.3 Å². The van der Waals surface area contributed by atoms with E-state index in [2.05, 4.69) is 58.2 Å². The largest absolute Gasteiger partial charge is 0.303 e. The number of hydrogen-bond donors (Lipinski definition) is 1. The Bertz CT molecular complexity index is 997. The number of fused-ring (bicyclic) bond motifs is 1. The third-order valence-corrected chi connectivity index (χ3v) is 9.56. The standard InChI is InChI=1S/C26H34N2O2S/c29-31(30,24-8-4-9-24)27-13-12-21-10-11-22-18-23(19-28-14-5-15-28)26(25(22)17-21)16-20-6-2-1-3-7-20/h1-3,6-7,10-11,17,23-24,26-27H,4-5,8-9,12-16,18-19H2. The Kier molecular flexibility index (Phi) is 6.18. The lowest BCUT2D eigenvalue weighted by Gasteiger charge is -2.35. The summed E-state index contributed by atoms with van der Waals surface area (Å²) in [4.78, 5) is 2.60. The second-order valence-electron chi connectivity index (χ2n) is 9.69. The van der Waals surface area contributed by atoms with Gasteiger partial charge in [-0.15, -0.1) is 0 Å². The predicted molar refractivity (Wildman–Crippen MR) is 126 cm³/mol. The second kappa shape index (κ2) is 9.05. The lowest BCUT2D eigenvalue weighted by atomic mass is 9.85. The molecule has 5 rings (SSSR count). The summed E-state index contributed by atoms with van der Waals surface area (Å²) in [6.07, 6.45) is 7.01. The highest BCUT2D eigenvalue weighted by Crippen LogP contribution is 2.41. The van der Waals surface area contributed by atoms with Gasteiger partial charge in [0.2, 0.25) is 10.0 Å². The van der Waals surface area contributed by atoms with Crippen molar-refractivity contribution in [2.45, 2.75) is 56.1 Å². The van der Waals surface area contributed by atoms with E-state index in [1.54, 1.807) is 0 Å². The Labute approximate surface area is 187 Å². The molecular formula is C26H34N2O2S. The van der Waals surface area contributed by atoms with Crippen LogP contribution in [0.1, 0.15) is 53.9 Å². The number of nitrogens with zero attached hydrogens (tertiary/aromatic N) is 1. The molecule has 0 radical (unpaired) electrons. The van der Waals surface area contributed by atoms with Crippen LogP contribution in [0, 0.1) is 5.92 Å². The van der Waals surface area contributed by atoms with Crippen molar-refractivity contribution in [2.24, 2.45) is 5.92 Å². The number of nitrogens with one attached hydrogen (secondary N) is 1. The minimum absolute atomic E-state index is 0.162. The summed E-state index contributed by atoms with van der Waals surface area (Å²) in [7, 11) is -3.13. The summed E-state index contributed by atoms with van der Waals surface area (Å²) >= 11 is 0. The van der Waals surface area contributed by atoms with Gasteiger partial charge < -0.3 is 4.90 Å². The van der Waals surface area contributed by atoms with Gasteiger partial charge in [-0.1, -0.05) is 55.0 Å². The third-order valence-electron chi connectivity index (χ3n) is 7.61. The van der Waals surface area contributed by atoms with Gasteiger partial charge in [-0.25, -0.2) is 13.1 Å². The maximum atomic E-state index is 12.3. The van der Waals surface area contributed by atoms with Gasteiger partial charge in [0, 0.05) is 13.1 Å². The number of benzene rings is 2. The van der Waals surface area contributed by atoms with E-state index in [0.717, 1.165) is 38.5 Å². The van der Waals surface area contributed by atoms with Crippen molar-refractivity contribution in [3.63, 3.8) is 0 Å². The predicted octanol–water partition coefficient (Wildman–Crippen LogP) is 3.91. The average Bonchev–Trinajstić information content (AvgIpc) is 3.00. The summed E-state index contributed by atoms with van der Waals surface area (Å²) in [6.45, 7) is 4.19. The first-order valence-electron chi connectivity index (χ1n) is 11.9. The Morgan fingerprint density at radius 2 is 1.77 bits per heavy atom. The molecule has 31 heavy (non-hydrogen) atoms. The van der Waals surface area contributed by atoms with Crippen LogP contribution in [0.5, 0.6) is 0 Å². The van der Waals surface area contributed by atoms with Gasteiger partial charge in [-0.3, -0.25) is 0 Å². The first-order chi connectivity index (χ1) is 15.1.